The van der Waals surface area contributed by atoms with Gasteiger partial charge in [-0.2, -0.15) is 0 Å². The number of phenolic OH excluding ortho intramolecular Hbond substituents is 2. The van der Waals surface area contributed by atoms with E-state index in [9.17, 15) is 19.8 Å². The molecule has 6 atom stereocenters. The van der Waals surface area contributed by atoms with Crippen LogP contribution in [-0.2, 0) is 9.47 Å². The van der Waals surface area contributed by atoms with Crippen molar-refractivity contribution in [2.75, 3.05) is 78.8 Å². The zero-order chi connectivity index (χ0) is 45.6. The summed E-state index contributed by atoms with van der Waals surface area (Å²) in [6.07, 6.45) is 3.91. The van der Waals surface area contributed by atoms with Crippen molar-refractivity contribution in [2.45, 2.75) is 63.9 Å². The Hall–Kier alpha value is -5.34. The first-order valence-electron chi connectivity index (χ1n) is 22.7. The van der Waals surface area contributed by atoms with Crippen molar-refractivity contribution < 1.29 is 29.3 Å². The van der Waals surface area contributed by atoms with Crippen LogP contribution in [0, 0.1) is 0 Å². The molecule has 64 heavy (non-hydrogen) atoms. The highest BCUT2D eigenvalue weighted by atomic mass is 16.5. The standard InChI is InChI=1S/C52H68N6O6/c1-7-25-55-33-39(5)57(35-37(55)3)49(45-11-9-13-47(59)31-45)41-15-19-43(20-16-41)51(61)53-23-27-63-29-30-64-28-24-54-52(62)44-21-17-42(18-22-44)50(46-12-10-14-48(60)32-46)58-36-38(4)56(26-8-2)34-40(58)6/h7-22,31-32,37-40,49-50,59-60H,1-2,23-30,33-36H2,3-6H3,(H,53,61)(H,54,62)/t37-,38-,39-,40-,49+,50+/m0/s1. The Kier molecular flexibility index (Phi) is 17.7. The molecule has 0 spiro atoms. The summed E-state index contributed by atoms with van der Waals surface area (Å²) in [5.74, 6) is 0.105. The average molecular weight is 873 g/mol. The van der Waals surface area contributed by atoms with E-state index >= 15 is 0 Å². The van der Waals surface area contributed by atoms with Crippen LogP contribution in [0.3, 0.4) is 0 Å². The number of rotatable bonds is 21. The first kappa shape index (κ1) is 48.1. The maximum absolute atomic E-state index is 13.0. The van der Waals surface area contributed by atoms with Crippen LogP contribution in [0.5, 0.6) is 11.5 Å². The van der Waals surface area contributed by atoms with Crippen LogP contribution >= 0.6 is 0 Å². The summed E-state index contributed by atoms with van der Waals surface area (Å²) in [6, 6.07) is 31.4. The van der Waals surface area contributed by atoms with E-state index in [1.807, 2.05) is 97.1 Å². The van der Waals surface area contributed by atoms with Crippen LogP contribution in [0.2, 0.25) is 0 Å². The highest BCUT2D eigenvalue weighted by Gasteiger charge is 2.36. The molecule has 0 bridgehead atoms. The van der Waals surface area contributed by atoms with Gasteiger partial charge in [0.2, 0.25) is 0 Å². The van der Waals surface area contributed by atoms with Crippen molar-refractivity contribution in [1.29, 1.82) is 0 Å². The minimum Gasteiger partial charge on any atom is -0.508 e. The summed E-state index contributed by atoms with van der Waals surface area (Å²) in [5, 5.41) is 26.6. The van der Waals surface area contributed by atoms with Crippen LogP contribution in [0.4, 0.5) is 0 Å². The van der Waals surface area contributed by atoms with Crippen molar-refractivity contribution in [3.63, 3.8) is 0 Å². The molecule has 0 aromatic heterocycles. The normalized spacial score (nSPS) is 20.9. The number of nitrogens with one attached hydrogen (secondary N) is 2. The minimum absolute atomic E-state index is 0.0814. The molecule has 2 heterocycles. The fourth-order valence-corrected chi connectivity index (χ4v) is 9.18. The van der Waals surface area contributed by atoms with Crippen LogP contribution in [0.15, 0.2) is 122 Å². The third-order valence-electron chi connectivity index (χ3n) is 12.5. The highest BCUT2D eigenvalue weighted by Crippen LogP contribution is 2.36. The number of benzene rings is 4. The first-order valence-corrected chi connectivity index (χ1v) is 22.7. The molecule has 2 aliphatic rings. The Morgan fingerprint density at radius 3 is 1.33 bits per heavy atom. The van der Waals surface area contributed by atoms with E-state index in [0.29, 0.717) is 62.7 Å². The molecule has 4 aromatic rings. The van der Waals surface area contributed by atoms with E-state index in [0.717, 1.165) is 61.5 Å². The third kappa shape index (κ3) is 12.7. The van der Waals surface area contributed by atoms with Gasteiger partial charge in [0.05, 0.1) is 38.5 Å². The number of nitrogens with zero attached hydrogens (tertiary/aromatic N) is 4. The number of carbonyl (C=O) groups excluding carboxylic acids is 2. The van der Waals surface area contributed by atoms with Crippen LogP contribution in [-0.4, -0.2) is 145 Å². The zero-order valence-electron chi connectivity index (χ0n) is 38.1. The van der Waals surface area contributed by atoms with Crippen LogP contribution in [0.25, 0.3) is 0 Å². The fraction of sp³-hybridized carbons (Fsp3) is 0.423. The van der Waals surface area contributed by atoms with Gasteiger partial charge >= 0.3 is 0 Å². The molecule has 2 saturated heterocycles. The molecular weight excluding hydrogens is 805 g/mol. The molecule has 342 valence electrons. The monoisotopic (exact) mass is 873 g/mol. The number of hydrogen-bond acceptors (Lipinski definition) is 10. The van der Waals surface area contributed by atoms with Gasteiger partial charge < -0.3 is 30.3 Å². The highest BCUT2D eigenvalue weighted by molar-refractivity contribution is 5.94. The van der Waals surface area contributed by atoms with Crippen molar-refractivity contribution in [3.05, 3.63) is 156 Å². The van der Waals surface area contributed by atoms with Gasteiger partial charge in [-0.15, -0.1) is 13.2 Å². The smallest absolute Gasteiger partial charge is 0.251 e. The van der Waals surface area contributed by atoms with Crippen molar-refractivity contribution >= 4 is 11.8 Å². The first-order chi connectivity index (χ1) is 31.0. The van der Waals surface area contributed by atoms with Gasteiger partial charge in [-0.1, -0.05) is 60.7 Å². The number of piperazine rings is 2. The molecular formula is C52H68N6O6. The fourth-order valence-electron chi connectivity index (χ4n) is 9.18. The molecule has 0 radical (unpaired) electrons. The largest absolute Gasteiger partial charge is 0.508 e. The Balaban J connectivity index is 0.906. The molecule has 4 aromatic carbocycles. The second-order valence-corrected chi connectivity index (χ2v) is 17.3. The van der Waals surface area contributed by atoms with Crippen LogP contribution < -0.4 is 10.6 Å². The molecule has 2 fully saturated rings. The van der Waals surface area contributed by atoms with Gasteiger partial charge in [0.1, 0.15) is 11.5 Å². The summed E-state index contributed by atoms with van der Waals surface area (Å²) >= 11 is 0. The SMILES string of the molecule is C=CCN1C[C@H](C)N([C@H](c2ccc(C(=O)NCCOCCOCCNC(=O)c3ccc([C@H](c4cccc(O)c4)N4C[C@H](C)N(CC=C)C[C@@H]4C)cc3)cc2)c2cccc(O)c2)C[C@@H]1C. The minimum atomic E-state index is -0.177. The quantitative estimate of drug-likeness (QED) is 0.0535. The number of hydrogen-bond donors (Lipinski definition) is 4. The molecule has 4 N–H and O–H groups in total. The summed E-state index contributed by atoms with van der Waals surface area (Å²) in [6.45, 7) is 24.1. The molecule has 0 unspecified atom stereocenters. The summed E-state index contributed by atoms with van der Waals surface area (Å²) in [5.41, 5.74) is 5.25. The number of ether oxygens (including phenoxy) is 2. The second-order valence-electron chi connectivity index (χ2n) is 17.3. The molecule has 0 saturated carbocycles. The number of carbonyl (C=O) groups is 2. The van der Waals surface area contributed by atoms with Gasteiger partial charge in [0.15, 0.2) is 0 Å². The Bertz CT molecular complexity index is 1980. The Morgan fingerprint density at radius 2 is 0.969 bits per heavy atom. The van der Waals surface area contributed by atoms with E-state index < -0.39 is 0 Å². The molecule has 0 aliphatic carbocycles. The molecule has 2 amide bonds. The lowest BCUT2D eigenvalue weighted by molar-refractivity contribution is 0.0306. The predicted octanol–water partition coefficient (Wildman–Crippen LogP) is 6.63. The lowest BCUT2D eigenvalue weighted by atomic mass is 9.92. The maximum atomic E-state index is 13.0. The van der Waals surface area contributed by atoms with Gasteiger partial charge in [-0.05, 0) is 98.5 Å². The van der Waals surface area contributed by atoms with Crippen molar-refractivity contribution in [2.24, 2.45) is 0 Å². The van der Waals surface area contributed by atoms with E-state index in [2.05, 4.69) is 71.1 Å². The van der Waals surface area contributed by atoms with E-state index in [4.69, 9.17) is 9.47 Å². The maximum Gasteiger partial charge on any atom is 0.251 e. The average Bonchev–Trinajstić information content (AvgIpc) is 3.28. The summed E-state index contributed by atoms with van der Waals surface area (Å²) < 4.78 is 11.4. The molecule has 12 nitrogen and oxygen atoms in total. The van der Waals surface area contributed by atoms with E-state index in [1.54, 1.807) is 12.1 Å². The molecule has 2 aliphatic heterocycles. The van der Waals surface area contributed by atoms with Gasteiger partial charge in [0, 0.05) is 87.7 Å². The van der Waals surface area contributed by atoms with Crippen molar-refractivity contribution in [3.8, 4) is 11.5 Å². The number of aromatic hydroxyl groups is 2. The predicted molar refractivity (Wildman–Crippen MR) is 254 cm³/mol. The van der Waals surface area contributed by atoms with Crippen LogP contribution in [0.1, 0.15) is 82.7 Å². The Morgan fingerprint density at radius 1 is 0.578 bits per heavy atom. The van der Waals surface area contributed by atoms with Crippen molar-refractivity contribution in [1.82, 2.24) is 30.2 Å². The summed E-state index contributed by atoms with van der Waals surface area (Å²) in [7, 11) is 0. The number of amides is 2. The zero-order valence-corrected chi connectivity index (χ0v) is 38.1. The topological polar surface area (TPSA) is 130 Å². The molecule has 12 heteroatoms. The lowest BCUT2D eigenvalue weighted by Gasteiger charge is -2.47. The third-order valence-corrected chi connectivity index (χ3v) is 12.5. The van der Waals surface area contributed by atoms with Gasteiger partial charge in [-0.3, -0.25) is 29.2 Å². The molecule has 6 rings (SSSR count). The van der Waals surface area contributed by atoms with Gasteiger partial charge in [-0.25, -0.2) is 0 Å². The second kappa shape index (κ2) is 23.5. The lowest BCUT2D eigenvalue weighted by Crippen LogP contribution is -2.57. The van der Waals surface area contributed by atoms with E-state index in [-0.39, 0.29) is 47.5 Å². The summed E-state index contributed by atoms with van der Waals surface area (Å²) in [4.78, 5) is 35.9. The van der Waals surface area contributed by atoms with Gasteiger partial charge in [0.25, 0.3) is 11.8 Å². The Labute approximate surface area is 380 Å². The van der Waals surface area contributed by atoms with E-state index in [1.165, 1.54) is 0 Å². The number of phenols is 2.